The Labute approximate surface area is 56.4 Å². The maximum absolute atomic E-state index is 5.71. The maximum Gasteiger partial charge on any atom is 0.0605 e. The Morgan fingerprint density at radius 3 is 2.89 bits per heavy atom. The molecule has 1 nitrogen and oxygen atoms in total. The Balaban J connectivity index is 2.07. The van der Waals surface area contributed by atoms with Crippen LogP contribution in [-0.4, -0.2) is 12.2 Å². The summed E-state index contributed by atoms with van der Waals surface area (Å²) in [5, 5.41) is 0. The predicted octanol–water partition coefficient (Wildman–Crippen LogP) is 1.96. The van der Waals surface area contributed by atoms with Gasteiger partial charge in [0, 0.05) is 0 Å². The van der Waals surface area contributed by atoms with Crippen molar-refractivity contribution in [2.45, 2.75) is 44.8 Å². The van der Waals surface area contributed by atoms with Gasteiger partial charge in [-0.05, 0) is 31.6 Å². The lowest BCUT2D eigenvalue weighted by Gasteiger charge is -2.20. The Morgan fingerprint density at radius 1 is 1.33 bits per heavy atom. The first kappa shape index (κ1) is 5.72. The molecule has 0 radical (unpaired) electrons. The molecule has 2 saturated heterocycles. The van der Waals surface area contributed by atoms with Gasteiger partial charge in [-0.25, -0.2) is 0 Å². The lowest BCUT2D eigenvalue weighted by Crippen LogP contribution is -2.18. The lowest BCUT2D eigenvalue weighted by molar-refractivity contribution is -0.00251. The van der Waals surface area contributed by atoms with Crippen molar-refractivity contribution in [3.8, 4) is 0 Å². The zero-order valence-electron chi connectivity index (χ0n) is 5.97. The van der Waals surface area contributed by atoms with Crippen molar-refractivity contribution in [1.82, 2.24) is 0 Å². The zero-order valence-corrected chi connectivity index (χ0v) is 5.97. The quantitative estimate of drug-likeness (QED) is 0.482. The van der Waals surface area contributed by atoms with E-state index in [2.05, 4.69) is 6.92 Å². The number of hydrogen-bond acceptors (Lipinski definition) is 1. The molecule has 2 rings (SSSR count). The predicted molar refractivity (Wildman–Crippen MR) is 36.3 cm³/mol. The first-order valence-electron chi connectivity index (χ1n) is 4.02. The van der Waals surface area contributed by atoms with Crippen molar-refractivity contribution >= 4 is 0 Å². The highest BCUT2D eigenvalue weighted by Crippen LogP contribution is 2.36. The molecule has 0 amide bonds. The first-order valence-corrected chi connectivity index (χ1v) is 4.02. The van der Waals surface area contributed by atoms with Gasteiger partial charge >= 0.3 is 0 Å². The minimum atomic E-state index is 0.628. The van der Waals surface area contributed by atoms with Crippen LogP contribution >= 0.6 is 0 Å². The third-order valence-electron chi connectivity index (χ3n) is 2.65. The van der Waals surface area contributed by atoms with Crippen molar-refractivity contribution in [1.29, 1.82) is 0 Å². The smallest absolute Gasteiger partial charge is 0.0605 e. The topological polar surface area (TPSA) is 9.23 Å². The van der Waals surface area contributed by atoms with Gasteiger partial charge in [0.1, 0.15) is 0 Å². The van der Waals surface area contributed by atoms with Gasteiger partial charge in [0.05, 0.1) is 12.2 Å². The zero-order chi connectivity index (χ0) is 6.27. The van der Waals surface area contributed by atoms with Gasteiger partial charge in [0.25, 0.3) is 0 Å². The molecule has 3 unspecified atom stereocenters. The third kappa shape index (κ3) is 0.877. The Hall–Kier alpha value is -0.0400. The largest absolute Gasteiger partial charge is 0.375 e. The van der Waals surface area contributed by atoms with E-state index in [0.29, 0.717) is 12.2 Å². The van der Waals surface area contributed by atoms with E-state index in [1.165, 1.54) is 25.7 Å². The van der Waals surface area contributed by atoms with Crippen LogP contribution in [0.5, 0.6) is 0 Å². The minimum Gasteiger partial charge on any atom is -0.375 e. The van der Waals surface area contributed by atoms with Crippen LogP contribution in [0.2, 0.25) is 0 Å². The summed E-state index contributed by atoms with van der Waals surface area (Å²) in [5.74, 6) is 0.845. The number of hydrogen-bond donors (Lipinski definition) is 0. The SMILES string of the molecule is CC1CC2CCCC1O2. The van der Waals surface area contributed by atoms with Crippen LogP contribution in [0.15, 0.2) is 0 Å². The molecule has 0 saturated carbocycles. The van der Waals surface area contributed by atoms with E-state index in [1.807, 2.05) is 0 Å². The van der Waals surface area contributed by atoms with E-state index in [-0.39, 0.29) is 0 Å². The fourth-order valence-electron chi connectivity index (χ4n) is 2.09. The van der Waals surface area contributed by atoms with Gasteiger partial charge in [-0.15, -0.1) is 0 Å². The van der Waals surface area contributed by atoms with Gasteiger partial charge < -0.3 is 4.74 Å². The van der Waals surface area contributed by atoms with Crippen LogP contribution < -0.4 is 0 Å². The van der Waals surface area contributed by atoms with Crippen LogP contribution in [-0.2, 0) is 4.74 Å². The average molecular weight is 126 g/mol. The highest BCUT2D eigenvalue weighted by atomic mass is 16.5. The summed E-state index contributed by atoms with van der Waals surface area (Å²) < 4.78 is 5.71. The molecule has 52 valence electrons. The van der Waals surface area contributed by atoms with Crippen LogP contribution in [0.25, 0.3) is 0 Å². The highest BCUT2D eigenvalue weighted by molar-refractivity contribution is 4.83. The van der Waals surface area contributed by atoms with Crippen LogP contribution in [0.4, 0.5) is 0 Å². The molecule has 0 aliphatic carbocycles. The van der Waals surface area contributed by atoms with Gasteiger partial charge in [0.15, 0.2) is 0 Å². The molecule has 9 heavy (non-hydrogen) atoms. The van der Waals surface area contributed by atoms with E-state index in [4.69, 9.17) is 4.74 Å². The molecule has 3 atom stereocenters. The van der Waals surface area contributed by atoms with Crippen molar-refractivity contribution in [3.63, 3.8) is 0 Å². The first-order chi connectivity index (χ1) is 4.36. The molecule has 2 aliphatic rings. The van der Waals surface area contributed by atoms with Crippen LogP contribution in [0.1, 0.15) is 32.6 Å². The fourth-order valence-corrected chi connectivity index (χ4v) is 2.09. The number of fused-ring (bicyclic) bond motifs is 2. The van der Waals surface area contributed by atoms with E-state index in [0.717, 1.165) is 5.92 Å². The van der Waals surface area contributed by atoms with E-state index >= 15 is 0 Å². The van der Waals surface area contributed by atoms with E-state index in [1.54, 1.807) is 0 Å². The molecule has 0 N–H and O–H groups in total. The summed E-state index contributed by atoms with van der Waals surface area (Å²) in [4.78, 5) is 0. The number of rotatable bonds is 0. The second-order valence-corrected chi connectivity index (χ2v) is 3.44. The van der Waals surface area contributed by atoms with Crippen LogP contribution in [0.3, 0.4) is 0 Å². The summed E-state index contributed by atoms with van der Waals surface area (Å²) in [5.41, 5.74) is 0. The van der Waals surface area contributed by atoms with Gasteiger partial charge in [-0.1, -0.05) is 6.92 Å². The molecule has 2 aliphatic heterocycles. The lowest BCUT2D eigenvalue weighted by atomic mass is 10.0. The molecule has 0 aromatic carbocycles. The van der Waals surface area contributed by atoms with Crippen molar-refractivity contribution in [2.75, 3.05) is 0 Å². The molecule has 0 aromatic heterocycles. The van der Waals surface area contributed by atoms with E-state index < -0.39 is 0 Å². The molecule has 2 bridgehead atoms. The standard InChI is InChI=1S/C8H14O/c1-6-5-7-3-2-4-8(6)9-7/h6-8H,2-5H2,1H3. The Morgan fingerprint density at radius 2 is 2.22 bits per heavy atom. The van der Waals surface area contributed by atoms with Gasteiger partial charge in [-0.3, -0.25) is 0 Å². The molecule has 2 fully saturated rings. The summed E-state index contributed by atoms with van der Waals surface area (Å²) in [7, 11) is 0. The normalized spacial score (nSPS) is 49.7. The van der Waals surface area contributed by atoms with Crippen molar-refractivity contribution in [3.05, 3.63) is 0 Å². The minimum absolute atomic E-state index is 0.628. The highest BCUT2D eigenvalue weighted by Gasteiger charge is 2.34. The van der Waals surface area contributed by atoms with Crippen LogP contribution in [0, 0.1) is 5.92 Å². The van der Waals surface area contributed by atoms with Crippen molar-refractivity contribution in [2.24, 2.45) is 5.92 Å². The second-order valence-electron chi connectivity index (χ2n) is 3.44. The molecular formula is C8H14O. The average Bonchev–Trinajstić information content (AvgIpc) is 2.09. The summed E-state index contributed by atoms with van der Waals surface area (Å²) in [6.07, 6.45) is 6.63. The number of ether oxygens (including phenoxy) is 1. The maximum atomic E-state index is 5.71. The molecule has 0 aromatic rings. The Bertz CT molecular complexity index is 109. The second kappa shape index (κ2) is 1.98. The fraction of sp³-hybridized carbons (Fsp3) is 1.00. The molecular weight excluding hydrogens is 112 g/mol. The third-order valence-corrected chi connectivity index (χ3v) is 2.65. The van der Waals surface area contributed by atoms with Gasteiger partial charge in [0.2, 0.25) is 0 Å². The monoisotopic (exact) mass is 126 g/mol. The van der Waals surface area contributed by atoms with E-state index in [9.17, 15) is 0 Å². The summed E-state index contributed by atoms with van der Waals surface area (Å²) >= 11 is 0. The molecule has 1 heteroatoms. The molecule has 0 spiro atoms. The van der Waals surface area contributed by atoms with Gasteiger partial charge in [-0.2, -0.15) is 0 Å². The summed E-state index contributed by atoms with van der Waals surface area (Å²) in [6.45, 7) is 2.32. The Kier molecular flexibility index (Phi) is 1.26. The summed E-state index contributed by atoms with van der Waals surface area (Å²) in [6, 6.07) is 0. The van der Waals surface area contributed by atoms with Crippen molar-refractivity contribution < 1.29 is 4.74 Å². The molecule has 2 heterocycles.